The summed E-state index contributed by atoms with van der Waals surface area (Å²) in [6.07, 6.45) is 1.86. The Labute approximate surface area is 324 Å². The lowest BCUT2D eigenvalue weighted by Gasteiger charge is -2.16. The lowest BCUT2D eigenvalue weighted by atomic mass is 9.89. The van der Waals surface area contributed by atoms with E-state index in [9.17, 15) is 0 Å². The predicted octanol–water partition coefficient (Wildman–Crippen LogP) is 12.6. The second-order valence-corrected chi connectivity index (χ2v) is 13.7. The fourth-order valence-corrected chi connectivity index (χ4v) is 7.46. The maximum Gasteiger partial charge on any atom is 0.160 e. The molecule has 0 N–H and O–H groups in total. The van der Waals surface area contributed by atoms with Crippen LogP contribution in [0.25, 0.3) is 101 Å². The van der Waals surface area contributed by atoms with Crippen LogP contribution in [0.3, 0.4) is 0 Å². The van der Waals surface area contributed by atoms with Crippen molar-refractivity contribution in [2.75, 3.05) is 0 Å². The molecule has 0 spiro atoms. The van der Waals surface area contributed by atoms with E-state index >= 15 is 0 Å². The maximum atomic E-state index is 5.10. The molecular formula is C51H33N5. The van der Waals surface area contributed by atoms with E-state index in [1.807, 2.05) is 79.0 Å². The van der Waals surface area contributed by atoms with Gasteiger partial charge in [-0.3, -0.25) is 4.98 Å². The molecule has 0 unspecified atom stereocenters. The van der Waals surface area contributed by atoms with E-state index in [4.69, 9.17) is 24.9 Å². The van der Waals surface area contributed by atoms with E-state index in [1.54, 1.807) is 0 Å². The van der Waals surface area contributed by atoms with Crippen LogP contribution in [0.1, 0.15) is 0 Å². The molecule has 0 amide bonds. The van der Waals surface area contributed by atoms with Crippen LogP contribution in [0.5, 0.6) is 0 Å². The Morgan fingerprint density at radius 2 is 0.714 bits per heavy atom. The van der Waals surface area contributed by atoms with E-state index in [0.717, 1.165) is 89.0 Å². The van der Waals surface area contributed by atoms with Crippen LogP contribution in [-0.4, -0.2) is 24.9 Å². The smallest absolute Gasteiger partial charge is 0.160 e. The van der Waals surface area contributed by atoms with Gasteiger partial charge in [-0.25, -0.2) is 19.9 Å². The Morgan fingerprint density at radius 1 is 0.286 bits per heavy atom. The van der Waals surface area contributed by atoms with Gasteiger partial charge in [0.25, 0.3) is 0 Å². The number of hydrogen-bond acceptors (Lipinski definition) is 5. The third kappa shape index (κ3) is 6.17. The van der Waals surface area contributed by atoms with Gasteiger partial charge in [0.15, 0.2) is 11.6 Å². The highest BCUT2D eigenvalue weighted by atomic mass is 14.9. The van der Waals surface area contributed by atoms with Crippen LogP contribution in [0.2, 0.25) is 0 Å². The summed E-state index contributed by atoms with van der Waals surface area (Å²) in [6, 6.07) is 66.7. The lowest BCUT2D eigenvalue weighted by molar-refractivity contribution is 1.23. The summed E-state index contributed by atoms with van der Waals surface area (Å²) in [5.74, 6) is 1.42. The minimum Gasteiger partial charge on any atom is -0.256 e. The van der Waals surface area contributed by atoms with Gasteiger partial charge in [-0.05, 0) is 46.5 Å². The van der Waals surface area contributed by atoms with Crippen molar-refractivity contribution in [1.82, 2.24) is 24.9 Å². The van der Waals surface area contributed by atoms with Crippen LogP contribution in [0.15, 0.2) is 200 Å². The number of aromatic nitrogens is 5. The minimum absolute atomic E-state index is 0.712. The van der Waals surface area contributed by atoms with E-state index in [0.29, 0.717) is 11.6 Å². The molecule has 3 aromatic heterocycles. The molecule has 0 aliphatic heterocycles. The Morgan fingerprint density at radius 3 is 1.18 bits per heavy atom. The number of hydrogen-bond donors (Lipinski definition) is 0. The molecule has 0 aliphatic rings. The third-order valence-corrected chi connectivity index (χ3v) is 10.2. The van der Waals surface area contributed by atoms with Crippen molar-refractivity contribution in [3.63, 3.8) is 0 Å². The van der Waals surface area contributed by atoms with Gasteiger partial charge in [0.05, 0.1) is 28.1 Å². The molecule has 7 aromatic carbocycles. The fourth-order valence-electron chi connectivity index (χ4n) is 7.46. The zero-order valence-electron chi connectivity index (χ0n) is 30.3. The highest BCUT2D eigenvalue weighted by Crippen LogP contribution is 2.41. The summed E-state index contributed by atoms with van der Waals surface area (Å²) < 4.78 is 0. The van der Waals surface area contributed by atoms with Crippen LogP contribution >= 0.6 is 0 Å². The molecule has 0 aliphatic carbocycles. The number of para-hydroxylation sites is 2. The molecule has 5 heteroatoms. The molecular weight excluding hydrogens is 683 g/mol. The molecule has 5 nitrogen and oxygen atoms in total. The van der Waals surface area contributed by atoms with Gasteiger partial charge >= 0.3 is 0 Å². The van der Waals surface area contributed by atoms with Gasteiger partial charge in [0.2, 0.25) is 0 Å². The van der Waals surface area contributed by atoms with Gasteiger partial charge in [-0.1, -0.05) is 170 Å². The first kappa shape index (κ1) is 33.0. The number of fused-ring (bicyclic) bond motifs is 2. The van der Waals surface area contributed by atoms with Crippen LogP contribution in [0, 0.1) is 0 Å². The van der Waals surface area contributed by atoms with Gasteiger partial charge in [0, 0.05) is 44.8 Å². The summed E-state index contributed by atoms with van der Waals surface area (Å²) in [7, 11) is 0. The van der Waals surface area contributed by atoms with Crippen molar-refractivity contribution in [2.24, 2.45) is 0 Å². The average Bonchev–Trinajstić information content (AvgIpc) is 3.29. The van der Waals surface area contributed by atoms with Crippen LogP contribution in [-0.2, 0) is 0 Å². The first-order valence-electron chi connectivity index (χ1n) is 18.7. The lowest BCUT2D eigenvalue weighted by Crippen LogP contribution is -1.96. The molecule has 10 rings (SSSR count). The van der Waals surface area contributed by atoms with Gasteiger partial charge in [-0.15, -0.1) is 0 Å². The average molecular weight is 716 g/mol. The standard InChI is InChI=1S/C51H33N5/c1-3-14-38(15-4-1)50-53-44-22-9-7-18-42(44)48(55-50)36-29-25-34(26-30-36)40-20-13-21-41(47(40)46-24-11-12-33-52-46)35-27-31-37(32-28-35)49-43-19-8-10-23-45(43)54-51(56-49)39-16-5-2-6-17-39/h1-33H. The summed E-state index contributed by atoms with van der Waals surface area (Å²) in [6.45, 7) is 0. The second kappa shape index (κ2) is 14.3. The zero-order valence-corrected chi connectivity index (χ0v) is 30.3. The maximum absolute atomic E-state index is 5.10. The fraction of sp³-hybridized carbons (Fsp3) is 0. The highest BCUT2D eigenvalue weighted by molar-refractivity contribution is 5.97. The Hall–Kier alpha value is -7.63. The summed E-state index contributed by atoms with van der Waals surface area (Å²) >= 11 is 0. The molecule has 3 heterocycles. The van der Waals surface area contributed by atoms with Crippen LogP contribution in [0.4, 0.5) is 0 Å². The quantitative estimate of drug-likeness (QED) is 0.164. The largest absolute Gasteiger partial charge is 0.256 e. The SMILES string of the molecule is c1ccc(-c2nc(-c3ccc(-c4cccc(-c5ccc(-c6nc(-c7ccccc7)nc7ccccc67)cc5)c4-c4ccccn4)cc3)c3ccccc3n2)cc1. The summed E-state index contributed by atoms with van der Waals surface area (Å²) in [4.78, 5) is 24.9. The number of nitrogens with zero attached hydrogens (tertiary/aromatic N) is 5. The van der Waals surface area contributed by atoms with Crippen molar-refractivity contribution < 1.29 is 0 Å². The van der Waals surface area contributed by atoms with Gasteiger partial charge in [-0.2, -0.15) is 0 Å². The minimum atomic E-state index is 0.712. The normalized spacial score (nSPS) is 11.2. The number of pyridine rings is 1. The number of benzene rings is 7. The van der Waals surface area contributed by atoms with E-state index in [2.05, 4.69) is 121 Å². The third-order valence-electron chi connectivity index (χ3n) is 10.2. The van der Waals surface area contributed by atoms with E-state index in [-0.39, 0.29) is 0 Å². The first-order chi connectivity index (χ1) is 27.8. The molecule has 0 saturated carbocycles. The van der Waals surface area contributed by atoms with E-state index in [1.165, 1.54) is 0 Å². The molecule has 0 fully saturated rings. The highest BCUT2D eigenvalue weighted by Gasteiger charge is 2.18. The van der Waals surface area contributed by atoms with E-state index < -0.39 is 0 Å². The van der Waals surface area contributed by atoms with Crippen molar-refractivity contribution in [3.05, 3.63) is 200 Å². The van der Waals surface area contributed by atoms with Gasteiger partial charge < -0.3 is 0 Å². The van der Waals surface area contributed by atoms with Crippen molar-refractivity contribution >= 4 is 21.8 Å². The first-order valence-corrected chi connectivity index (χ1v) is 18.7. The second-order valence-electron chi connectivity index (χ2n) is 13.7. The predicted molar refractivity (Wildman–Crippen MR) is 228 cm³/mol. The monoisotopic (exact) mass is 715 g/mol. The molecule has 262 valence electrons. The van der Waals surface area contributed by atoms with Crippen molar-refractivity contribution in [1.29, 1.82) is 0 Å². The number of rotatable bonds is 7. The zero-order chi connectivity index (χ0) is 37.3. The molecule has 0 bridgehead atoms. The molecule has 0 atom stereocenters. The Balaban J connectivity index is 1.06. The molecule has 56 heavy (non-hydrogen) atoms. The molecule has 0 saturated heterocycles. The Kier molecular flexibility index (Phi) is 8.43. The topological polar surface area (TPSA) is 64.5 Å². The van der Waals surface area contributed by atoms with Crippen molar-refractivity contribution in [3.8, 4) is 78.8 Å². The van der Waals surface area contributed by atoms with Gasteiger partial charge in [0.1, 0.15) is 0 Å². The molecule has 0 radical (unpaired) electrons. The Bertz CT molecular complexity index is 2800. The summed E-state index contributed by atoms with van der Waals surface area (Å²) in [5, 5.41) is 2.04. The van der Waals surface area contributed by atoms with Crippen LogP contribution < -0.4 is 0 Å². The molecule has 10 aromatic rings. The summed E-state index contributed by atoms with van der Waals surface area (Å²) in [5.41, 5.74) is 14.1. The van der Waals surface area contributed by atoms with Crippen molar-refractivity contribution in [2.45, 2.75) is 0 Å².